The van der Waals surface area contributed by atoms with E-state index in [0.29, 0.717) is 5.69 Å². The van der Waals surface area contributed by atoms with Crippen molar-refractivity contribution >= 4 is 33.0 Å². The standard InChI is InChI=1S/C18H22ClN3O2S/c1-2-21-11-13-22(14-12-21)16-9-7-15(8-10-16)20-25(23,24)18-6-4-3-5-17(18)19/h3-10,20H,2,11-14H2,1H3. The van der Waals surface area contributed by atoms with Gasteiger partial charge in [-0.1, -0.05) is 30.7 Å². The van der Waals surface area contributed by atoms with Crippen molar-refractivity contribution in [3.63, 3.8) is 0 Å². The number of nitrogens with zero attached hydrogens (tertiary/aromatic N) is 2. The molecule has 0 amide bonds. The van der Waals surface area contributed by atoms with Crippen LogP contribution in [0.5, 0.6) is 0 Å². The van der Waals surface area contributed by atoms with Crippen LogP contribution in [0.2, 0.25) is 5.02 Å². The summed E-state index contributed by atoms with van der Waals surface area (Å²) in [7, 11) is -3.69. The second-order valence-electron chi connectivity index (χ2n) is 6.00. The predicted octanol–water partition coefficient (Wildman–Crippen LogP) is 3.28. The largest absolute Gasteiger partial charge is 0.369 e. The minimum absolute atomic E-state index is 0.0800. The van der Waals surface area contributed by atoms with Gasteiger partial charge in [-0.05, 0) is 42.9 Å². The van der Waals surface area contributed by atoms with Crippen molar-refractivity contribution in [3.8, 4) is 0 Å². The van der Waals surface area contributed by atoms with Crippen molar-refractivity contribution < 1.29 is 8.42 Å². The molecule has 134 valence electrons. The highest BCUT2D eigenvalue weighted by Gasteiger charge is 2.18. The Morgan fingerprint density at radius 1 is 1.00 bits per heavy atom. The van der Waals surface area contributed by atoms with Crippen LogP contribution in [0, 0.1) is 0 Å². The van der Waals surface area contributed by atoms with Gasteiger partial charge < -0.3 is 9.80 Å². The highest BCUT2D eigenvalue weighted by Crippen LogP contribution is 2.25. The summed E-state index contributed by atoms with van der Waals surface area (Å²) in [5.74, 6) is 0. The Bertz CT molecular complexity index is 816. The van der Waals surface area contributed by atoms with E-state index >= 15 is 0 Å². The smallest absolute Gasteiger partial charge is 0.263 e. The molecular formula is C18H22ClN3O2S. The first-order chi connectivity index (χ1) is 12.0. The predicted molar refractivity (Wildman–Crippen MR) is 103 cm³/mol. The number of nitrogens with one attached hydrogen (secondary N) is 1. The third-order valence-corrected chi connectivity index (χ3v) is 6.31. The van der Waals surface area contributed by atoms with Crippen molar-refractivity contribution in [2.45, 2.75) is 11.8 Å². The first kappa shape index (κ1) is 18.0. The molecule has 0 unspecified atom stereocenters. The average molecular weight is 380 g/mol. The van der Waals surface area contributed by atoms with Crippen LogP contribution >= 0.6 is 11.6 Å². The molecular weight excluding hydrogens is 358 g/mol. The van der Waals surface area contributed by atoms with E-state index < -0.39 is 10.0 Å². The number of anilines is 2. The number of hydrogen-bond acceptors (Lipinski definition) is 4. The lowest BCUT2D eigenvalue weighted by atomic mass is 10.2. The second-order valence-corrected chi connectivity index (χ2v) is 8.06. The normalized spacial score (nSPS) is 16.0. The van der Waals surface area contributed by atoms with Crippen molar-refractivity contribution in [2.75, 3.05) is 42.3 Å². The number of sulfonamides is 1. The number of rotatable bonds is 5. The molecule has 0 aromatic heterocycles. The average Bonchev–Trinajstić information content (AvgIpc) is 2.62. The quantitative estimate of drug-likeness (QED) is 0.866. The molecule has 0 atom stereocenters. The Morgan fingerprint density at radius 2 is 1.64 bits per heavy atom. The highest BCUT2D eigenvalue weighted by atomic mass is 35.5. The second kappa shape index (κ2) is 7.64. The van der Waals surface area contributed by atoms with Crippen LogP contribution in [-0.2, 0) is 10.0 Å². The number of benzene rings is 2. The number of halogens is 1. The van der Waals surface area contributed by atoms with Crippen LogP contribution in [0.1, 0.15) is 6.92 Å². The Hall–Kier alpha value is -1.76. The van der Waals surface area contributed by atoms with E-state index in [4.69, 9.17) is 11.6 Å². The molecule has 7 heteroatoms. The summed E-state index contributed by atoms with van der Waals surface area (Å²) >= 11 is 6.00. The molecule has 1 N–H and O–H groups in total. The van der Waals surface area contributed by atoms with Crippen LogP contribution in [-0.4, -0.2) is 46.0 Å². The van der Waals surface area contributed by atoms with Crippen molar-refractivity contribution in [1.29, 1.82) is 0 Å². The van der Waals surface area contributed by atoms with Gasteiger partial charge in [0.2, 0.25) is 0 Å². The summed E-state index contributed by atoms with van der Waals surface area (Å²) in [4.78, 5) is 4.82. The molecule has 0 bridgehead atoms. The SMILES string of the molecule is CCN1CCN(c2ccc(NS(=O)(=O)c3ccccc3Cl)cc2)CC1. The molecule has 1 saturated heterocycles. The first-order valence-electron chi connectivity index (χ1n) is 8.34. The Kier molecular flexibility index (Phi) is 5.51. The molecule has 1 aliphatic rings. The molecule has 1 aliphatic heterocycles. The zero-order chi connectivity index (χ0) is 17.9. The molecule has 1 heterocycles. The zero-order valence-electron chi connectivity index (χ0n) is 14.2. The summed E-state index contributed by atoms with van der Waals surface area (Å²) in [6.45, 7) is 7.33. The van der Waals surface area contributed by atoms with E-state index in [1.165, 1.54) is 6.07 Å². The Morgan fingerprint density at radius 3 is 2.24 bits per heavy atom. The number of hydrogen-bond donors (Lipinski definition) is 1. The maximum atomic E-state index is 12.5. The van der Waals surface area contributed by atoms with Gasteiger partial charge in [0.25, 0.3) is 10.0 Å². The van der Waals surface area contributed by atoms with E-state index in [0.717, 1.165) is 38.4 Å². The minimum atomic E-state index is -3.69. The maximum absolute atomic E-state index is 12.5. The summed E-state index contributed by atoms with van der Waals surface area (Å²) in [6.07, 6.45) is 0. The highest BCUT2D eigenvalue weighted by molar-refractivity contribution is 7.92. The molecule has 25 heavy (non-hydrogen) atoms. The summed E-state index contributed by atoms with van der Waals surface area (Å²) in [6, 6.07) is 13.9. The summed E-state index contributed by atoms with van der Waals surface area (Å²) < 4.78 is 27.5. The van der Waals surface area contributed by atoms with Gasteiger partial charge in [0.05, 0.1) is 5.02 Å². The lowest BCUT2D eigenvalue weighted by molar-refractivity contribution is 0.271. The lowest BCUT2D eigenvalue weighted by Crippen LogP contribution is -2.46. The molecule has 3 rings (SSSR count). The van der Waals surface area contributed by atoms with Crippen molar-refractivity contribution in [2.24, 2.45) is 0 Å². The summed E-state index contributed by atoms with van der Waals surface area (Å²) in [5, 5.41) is 0.209. The van der Waals surface area contributed by atoms with Gasteiger partial charge in [-0.3, -0.25) is 4.72 Å². The molecule has 0 saturated carbocycles. The molecule has 2 aromatic carbocycles. The number of piperazine rings is 1. The van der Waals surface area contributed by atoms with Crippen molar-refractivity contribution in [1.82, 2.24) is 4.90 Å². The third kappa shape index (κ3) is 4.26. The van der Waals surface area contributed by atoms with Crippen LogP contribution in [0.3, 0.4) is 0 Å². The van der Waals surface area contributed by atoms with Gasteiger partial charge in [-0.15, -0.1) is 0 Å². The monoisotopic (exact) mass is 379 g/mol. The van der Waals surface area contributed by atoms with Gasteiger partial charge in [0.15, 0.2) is 0 Å². The Labute approximate surface area is 154 Å². The zero-order valence-corrected chi connectivity index (χ0v) is 15.7. The van der Waals surface area contributed by atoms with Gasteiger partial charge in [0, 0.05) is 37.6 Å². The van der Waals surface area contributed by atoms with E-state index in [2.05, 4.69) is 21.4 Å². The molecule has 1 fully saturated rings. The van der Waals surface area contributed by atoms with Gasteiger partial charge in [-0.25, -0.2) is 8.42 Å². The molecule has 5 nitrogen and oxygen atoms in total. The van der Waals surface area contributed by atoms with Crippen LogP contribution in [0.15, 0.2) is 53.4 Å². The van der Waals surface area contributed by atoms with E-state index in [-0.39, 0.29) is 9.92 Å². The molecule has 2 aromatic rings. The van der Waals surface area contributed by atoms with E-state index in [1.54, 1.807) is 30.3 Å². The van der Waals surface area contributed by atoms with Crippen LogP contribution in [0.25, 0.3) is 0 Å². The fourth-order valence-corrected chi connectivity index (χ4v) is 4.51. The molecule has 0 radical (unpaired) electrons. The van der Waals surface area contributed by atoms with E-state index in [1.807, 2.05) is 12.1 Å². The summed E-state index contributed by atoms with van der Waals surface area (Å²) in [5.41, 5.74) is 1.63. The third-order valence-electron chi connectivity index (χ3n) is 4.43. The topological polar surface area (TPSA) is 52.6 Å². The fourth-order valence-electron chi connectivity index (χ4n) is 2.94. The number of likely N-dealkylation sites (N-methyl/N-ethyl adjacent to an activating group) is 1. The molecule has 0 aliphatic carbocycles. The van der Waals surface area contributed by atoms with Gasteiger partial charge in [-0.2, -0.15) is 0 Å². The maximum Gasteiger partial charge on any atom is 0.263 e. The molecule has 0 spiro atoms. The minimum Gasteiger partial charge on any atom is -0.369 e. The Balaban J connectivity index is 1.70. The lowest BCUT2D eigenvalue weighted by Gasteiger charge is -2.35. The van der Waals surface area contributed by atoms with Crippen molar-refractivity contribution in [3.05, 3.63) is 53.6 Å². The first-order valence-corrected chi connectivity index (χ1v) is 10.2. The van der Waals surface area contributed by atoms with Crippen LogP contribution in [0.4, 0.5) is 11.4 Å². The van der Waals surface area contributed by atoms with Gasteiger partial charge in [0.1, 0.15) is 4.90 Å². The van der Waals surface area contributed by atoms with Gasteiger partial charge >= 0.3 is 0 Å². The van der Waals surface area contributed by atoms with E-state index in [9.17, 15) is 8.42 Å². The van der Waals surface area contributed by atoms with Crippen LogP contribution < -0.4 is 9.62 Å². The fraction of sp³-hybridized carbons (Fsp3) is 0.333.